The Morgan fingerprint density at radius 2 is 0.580 bits per heavy atom. The summed E-state index contributed by atoms with van der Waals surface area (Å²) in [5, 5.41) is 7.65. The number of para-hydroxylation sites is 4. The maximum absolute atomic E-state index is 6.43. The lowest BCUT2D eigenvalue weighted by Gasteiger charge is -2.28. The summed E-state index contributed by atoms with van der Waals surface area (Å²) in [7, 11) is -2.07. The first kappa shape index (κ1) is 30.2. The minimum atomic E-state index is -1.04. The molecule has 6 aromatic carbocycles. The summed E-state index contributed by atoms with van der Waals surface area (Å²) in [6.07, 6.45) is 3.77. The van der Waals surface area contributed by atoms with Gasteiger partial charge in [0.1, 0.15) is 23.0 Å². The molecule has 0 atom stereocenters. The summed E-state index contributed by atoms with van der Waals surface area (Å²) < 4.78 is 25.7. The first-order valence-corrected chi connectivity index (χ1v) is 20.3. The van der Waals surface area contributed by atoms with Gasteiger partial charge in [-0.25, -0.2) is 0 Å². The Hall–Kier alpha value is -4.62. The molecule has 4 heterocycles. The lowest BCUT2D eigenvalue weighted by Crippen LogP contribution is -2.27. The Balaban J connectivity index is 1.22. The van der Waals surface area contributed by atoms with Crippen LogP contribution in [-0.2, 0) is 25.7 Å². The molecule has 0 saturated carbocycles. The largest absolute Gasteiger partial charge is 0.492 e. The third-order valence-electron chi connectivity index (χ3n) is 10.3. The van der Waals surface area contributed by atoms with Crippen molar-refractivity contribution in [1.29, 1.82) is 0 Å². The van der Waals surface area contributed by atoms with Gasteiger partial charge in [0.05, 0.1) is 26.4 Å². The van der Waals surface area contributed by atoms with Crippen molar-refractivity contribution in [2.24, 2.45) is 0 Å². The van der Waals surface area contributed by atoms with E-state index in [1.807, 2.05) is 0 Å². The zero-order valence-electron chi connectivity index (χ0n) is 27.7. The van der Waals surface area contributed by atoms with E-state index in [-0.39, 0.29) is 0 Å². The number of ether oxygens (including phenoxy) is 4. The van der Waals surface area contributed by atoms with Crippen molar-refractivity contribution in [3.05, 3.63) is 144 Å². The minimum Gasteiger partial charge on any atom is -0.492 e. The van der Waals surface area contributed by atoms with Crippen LogP contribution in [0.1, 0.15) is 22.3 Å². The number of hydrogen-bond donors (Lipinski definition) is 0. The van der Waals surface area contributed by atoms with Crippen LogP contribution in [0.3, 0.4) is 0 Å². The van der Waals surface area contributed by atoms with Crippen molar-refractivity contribution in [1.82, 2.24) is 0 Å². The highest BCUT2D eigenvalue weighted by Crippen LogP contribution is 2.48. The van der Waals surface area contributed by atoms with Crippen LogP contribution in [0.25, 0.3) is 11.1 Å². The van der Waals surface area contributed by atoms with Crippen LogP contribution in [0.15, 0.2) is 121 Å². The topological polar surface area (TPSA) is 36.9 Å². The van der Waals surface area contributed by atoms with E-state index in [4.69, 9.17) is 18.9 Å². The maximum atomic E-state index is 6.43. The van der Waals surface area contributed by atoms with Crippen LogP contribution in [0.2, 0.25) is 0 Å². The number of rotatable bonds is 7. The molecule has 0 amide bonds. The molecule has 0 unspecified atom stereocenters. The highest BCUT2D eigenvalue weighted by atomic mass is 31.1. The Labute approximate surface area is 295 Å². The number of benzene rings is 6. The molecular formula is C44H36O4P2. The highest BCUT2D eigenvalue weighted by Gasteiger charge is 2.34. The van der Waals surface area contributed by atoms with Crippen molar-refractivity contribution in [3.8, 4) is 34.1 Å². The number of fused-ring (bicyclic) bond motifs is 4. The van der Waals surface area contributed by atoms with Crippen molar-refractivity contribution in [3.63, 3.8) is 0 Å². The monoisotopic (exact) mass is 690 g/mol. The van der Waals surface area contributed by atoms with Crippen LogP contribution in [0.4, 0.5) is 0 Å². The summed E-state index contributed by atoms with van der Waals surface area (Å²) in [6, 6.07) is 45.0. The van der Waals surface area contributed by atoms with Gasteiger partial charge < -0.3 is 18.9 Å². The van der Waals surface area contributed by atoms with Gasteiger partial charge in [-0.15, -0.1) is 0 Å². The molecule has 0 aliphatic carbocycles. The summed E-state index contributed by atoms with van der Waals surface area (Å²) >= 11 is 0. The number of hydrogen-bond acceptors (Lipinski definition) is 4. The standard InChI is InChI=1S/C44H36O4P2/c1-3-15-35(49(37-17-5-9-29-21-25-45-41(29)37)38-18-6-10-30-22-26-46-42(30)38)33(13-1)34-14-2-4-16-36(34)50(39-19-7-11-31-23-27-47-43(31)39)40-20-8-12-32-24-28-48-44(32)40/h1-20H,21-28H2. The average Bonchev–Trinajstić information content (AvgIpc) is 4.00. The fourth-order valence-electron chi connectivity index (χ4n) is 8.07. The zero-order chi connectivity index (χ0) is 33.0. The quantitative estimate of drug-likeness (QED) is 0.177. The van der Waals surface area contributed by atoms with E-state index in [1.54, 1.807) is 0 Å². The van der Waals surface area contributed by atoms with Gasteiger partial charge in [-0.1, -0.05) is 121 Å². The molecular weight excluding hydrogens is 654 g/mol. The third-order valence-corrected chi connectivity index (χ3v) is 15.4. The molecule has 0 fully saturated rings. The second-order valence-corrected chi connectivity index (χ2v) is 17.4. The maximum Gasteiger partial charge on any atom is 0.130 e. The van der Waals surface area contributed by atoms with Gasteiger partial charge in [0.2, 0.25) is 0 Å². The van der Waals surface area contributed by atoms with Gasteiger partial charge in [0.25, 0.3) is 0 Å². The van der Waals surface area contributed by atoms with E-state index in [2.05, 4.69) is 121 Å². The summed E-state index contributed by atoms with van der Waals surface area (Å²) in [6.45, 7) is 2.89. The van der Waals surface area contributed by atoms with E-state index in [1.165, 1.54) is 65.2 Å². The van der Waals surface area contributed by atoms with E-state index < -0.39 is 15.8 Å². The zero-order valence-corrected chi connectivity index (χ0v) is 29.5. The molecule has 10 rings (SSSR count). The summed E-state index contributed by atoms with van der Waals surface area (Å²) in [5.41, 5.74) is 7.66. The molecule has 4 aliphatic heterocycles. The van der Waals surface area contributed by atoms with Crippen LogP contribution in [0, 0.1) is 0 Å². The van der Waals surface area contributed by atoms with Gasteiger partial charge in [0, 0.05) is 46.9 Å². The average molecular weight is 691 g/mol. The van der Waals surface area contributed by atoms with Crippen molar-refractivity contribution in [2.75, 3.05) is 26.4 Å². The normalized spacial score (nSPS) is 15.2. The molecule has 6 heteroatoms. The van der Waals surface area contributed by atoms with Crippen molar-refractivity contribution in [2.45, 2.75) is 25.7 Å². The van der Waals surface area contributed by atoms with Gasteiger partial charge >= 0.3 is 0 Å². The summed E-state index contributed by atoms with van der Waals surface area (Å²) in [5.74, 6) is 4.20. The van der Waals surface area contributed by atoms with Crippen molar-refractivity contribution < 1.29 is 18.9 Å². The summed E-state index contributed by atoms with van der Waals surface area (Å²) in [4.78, 5) is 0. The van der Waals surface area contributed by atoms with Crippen LogP contribution in [-0.4, -0.2) is 26.4 Å². The van der Waals surface area contributed by atoms with Crippen molar-refractivity contribution >= 4 is 47.7 Å². The third kappa shape index (κ3) is 4.96. The smallest absolute Gasteiger partial charge is 0.130 e. The molecule has 4 aliphatic rings. The van der Waals surface area contributed by atoms with Gasteiger partial charge in [-0.3, -0.25) is 0 Å². The molecule has 50 heavy (non-hydrogen) atoms. The first-order valence-electron chi connectivity index (χ1n) is 17.6. The second kappa shape index (κ2) is 12.6. The SMILES string of the molecule is c1ccc(P(c2cccc3c2OCC3)c2cccc3c2OCC3)c(-c2ccccc2P(c2cccc3c2OCC3)c2cccc3c2OCC3)c1. The lowest BCUT2D eigenvalue weighted by atomic mass is 10.1. The molecule has 0 saturated heterocycles. The molecule has 246 valence electrons. The molecule has 0 bridgehead atoms. The molecule has 0 radical (unpaired) electrons. The molecule has 0 N–H and O–H groups in total. The Kier molecular flexibility index (Phi) is 7.62. The first-order chi connectivity index (χ1) is 24.8. The Morgan fingerprint density at radius 1 is 0.300 bits per heavy atom. The fraction of sp³-hybridized carbons (Fsp3) is 0.182. The Morgan fingerprint density at radius 3 is 0.900 bits per heavy atom. The van der Waals surface area contributed by atoms with E-state index >= 15 is 0 Å². The van der Waals surface area contributed by atoms with E-state index in [0.717, 1.165) is 75.1 Å². The van der Waals surface area contributed by atoms with Crippen LogP contribution >= 0.6 is 15.8 Å². The van der Waals surface area contributed by atoms with Gasteiger partial charge in [-0.2, -0.15) is 0 Å². The molecule has 4 nitrogen and oxygen atoms in total. The molecule has 6 aromatic rings. The fourth-order valence-corrected chi connectivity index (χ4v) is 13.6. The molecule has 0 aromatic heterocycles. The van der Waals surface area contributed by atoms with E-state index in [9.17, 15) is 0 Å². The lowest BCUT2D eigenvalue weighted by molar-refractivity contribution is 0.358. The predicted molar refractivity (Wildman–Crippen MR) is 206 cm³/mol. The predicted octanol–water partition coefficient (Wildman–Crippen LogP) is 6.61. The van der Waals surface area contributed by atoms with Crippen LogP contribution in [0.5, 0.6) is 23.0 Å². The highest BCUT2D eigenvalue weighted by molar-refractivity contribution is 7.81. The van der Waals surface area contributed by atoms with E-state index in [0.29, 0.717) is 0 Å². The molecule has 0 spiro atoms. The van der Waals surface area contributed by atoms with Crippen LogP contribution < -0.4 is 50.8 Å². The van der Waals surface area contributed by atoms with Gasteiger partial charge in [-0.05, 0) is 59.8 Å². The van der Waals surface area contributed by atoms with Gasteiger partial charge in [0.15, 0.2) is 0 Å². The Bertz CT molecular complexity index is 2000. The second-order valence-electron chi connectivity index (χ2n) is 13.2. The minimum absolute atomic E-state index is 0.723.